The SMILES string of the molecule is CCOCCNS(=O)(=O)c1cc(NN)ccc1[N+](=O)[O-]. The molecule has 10 heteroatoms. The molecule has 4 N–H and O–H groups in total. The highest BCUT2D eigenvalue weighted by Gasteiger charge is 2.25. The predicted octanol–water partition coefficient (Wildman–Crippen LogP) is 0.195. The first-order valence-corrected chi connectivity index (χ1v) is 7.23. The van der Waals surface area contributed by atoms with Crippen molar-refractivity contribution in [3.8, 4) is 0 Å². The lowest BCUT2D eigenvalue weighted by molar-refractivity contribution is -0.387. The number of nitro benzene ring substituents is 1. The number of nitrogens with zero attached hydrogens (tertiary/aromatic N) is 1. The van der Waals surface area contributed by atoms with E-state index >= 15 is 0 Å². The molecule has 0 aliphatic rings. The van der Waals surface area contributed by atoms with Crippen molar-refractivity contribution in [2.24, 2.45) is 5.84 Å². The van der Waals surface area contributed by atoms with E-state index in [-0.39, 0.29) is 18.8 Å². The zero-order valence-corrected chi connectivity index (χ0v) is 11.6. The van der Waals surface area contributed by atoms with Gasteiger partial charge < -0.3 is 10.2 Å². The average molecular weight is 304 g/mol. The van der Waals surface area contributed by atoms with E-state index in [1.54, 1.807) is 6.92 Å². The van der Waals surface area contributed by atoms with Crippen LogP contribution in [0.2, 0.25) is 0 Å². The maximum absolute atomic E-state index is 12.0. The van der Waals surface area contributed by atoms with Gasteiger partial charge in [0.05, 0.1) is 17.2 Å². The minimum absolute atomic E-state index is 0.0214. The van der Waals surface area contributed by atoms with Crippen LogP contribution in [-0.2, 0) is 14.8 Å². The normalized spacial score (nSPS) is 11.3. The van der Waals surface area contributed by atoms with Crippen LogP contribution < -0.4 is 16.0 Å². The van der Waals surface area contributed by atoms with Crippen molar-refractivity contribution in [3.05, 3.63) is 28.3 Å². The second kappa shape index (κ2) is 7.14. The van der Waals surface area contributed by atoms with Crippen molar-refractivity contribution in [2.75, 3.05) is 25.2 Å². The Hall–Kier alpha value is -1.75. The van der Waals surface area contributed by atoms with Crippen LogP contribution in [0, 0.1) is 10.1 Å². The number of rotatable bonds is 8. The lowest BCUT2D eigenvalue weighted by Gasteiger charge is -2.09. The number of anilines is 1. The number of hydrogen-bond acceptors (Lipinski definition) is 7. The summed E-state index contributed by atoms with van der Waals surface area (Å²) in [6.07, 6.45) is 0. The van der Waals surface area contributed by atoms with E-state index in [4.69, 9.17) is 10.6 Å². The third kappa shape index (κ3) is 4.13. The van der Waals surface area contributed by atoms with Crippen LogP contribution in [0.15, 0.2) is 23.1 Å². The Bertz CT molecular complexity index is 575. The first-order valence-electron chi connectivity index (χ1n) is 5.75. The summed E-state index contributed by atoms with van der Waals surface area (Å²) in [6.45, 7) is 2.43. The molecule has 1 aromatic rings. The molecule has 0 saturated heterocycles. The number of sulfonamides is 1. The van der Waals surface area contributed by atoms with Crippen LogP contribution in [0.3, 0.4) is 0 Å². The van der Waals surface area contributed by atoms with E-state index in [1.165, 1.54) is 6.07 Å². The Kier molecular flexibility index (Phi) is 5.82. The van der Waals surface area contributed by atoms with E-state index in [2.05, 4.69) is 10.1 Å². The number of nitrogens with two attached hydrogens (primary N) is 1. The van der Waals surface area contributed by atoms with Crippen molar-refractivity contribution < 1.29 is 18.1 Å². The zero-order valence-electron chi connectivity index (χ0n) is 10.8. The standard InChI is InChI=1S/C10H16N4O5S/c1-2-19-6-5-12-20(17,18)10-7-8(13-11)3-4-9(10)14(15)16/h3-4,7,12-13H,2,5-6,11H2,1H3. The highest BCUT2D eigenvalue weighted by Crippen LogP contribution is 2.26. The van der Waals surface area contributed by atoms with E-state index in [0.29, 0.717) is 6.61 Å². The molecular formula is C10H16N4O5S. The summed E-state index contributed by atoms with van der Waals surface area (Å²) in [5, 5.41) is 10.9. The van der Waals surface area contributed by atoms with Crippen molar-refractivity contribution >= 4 is 21.4 Å². The van der Waals surface area contributed by atoms with Gasteiger partial charge in [0.2, 0.25) is 10.0 Å². The largest absolute Gasteiger partial charge is 0.380 e. The molecule has 0 aromatic heterocycles. The van der Waals surface area contributed by atoms with Crippen molar-refractivity contribution in [1.82, 2.24) is 4.72 Å². The predicted molar refractivity (Wildman–Crippen MR) is 72.6 cm³/mol. The quantitative estimate of drug-likeness (QED) is 0.270. The molecule has 9 nitrogen and oxygen atoms in total. The Morgan fingerprint density at radius 2 is 2.15 bits per heavy atom. The molecule has 0 unspecified atom stereocenters. The number of hydrogen-bond donors (Lipinski definition) is 3. The summed E-state index contributed by atoms with van der Waals surface area (Å²) in [5.74, 6) is 5.17. The molecule has 0 atom stereocenters. The van der Waals surface area contributed by atoms with Gasteiger partial charge in [-0.3, -0.25) is 16.0 Å². The minimum Gasteiger partial charge on any atom is -0.380 e. The fraction of sp³-hybridized carbons (Fsp3) is 0.400. The van der Waals surface area contributed by atoms with Gasteiger partial charge >= 0.3 is 0 Å². The van der Waals surface area contributed by atoms with Crippen LogP contribution in [-0.4, -0.2) is 33.1 Å². The highest BCUT2D eigenvalue weighted by atomic mass is 32.2. The van der Waals surface area contributed by atoms with E-state index in [1.807, 2.05) is 0 Å². The lowest BCUT2D eigenvalue weighted by Crippen LogP contribution is -2.28. The Morgan fingerprint density at radius 1 is 1.45 bits per heavy atom. The molecule has 0 amide bonds. The summed E-state index contributed by atoms with van der Waals surface area (Å²) in [7, 11) is -4.02. The van der Waals surface area contributed by atoms with Gasteiger partial charge in [-0.2, -0.15) is 0 Å². The van der Waals surface area contributed by atoms with Crippen LogP contribution in [0.1, 0.15) is 6.92 Å². The third-order valence-electron chi connectivity index (χ3n) is 2.36. The van der Waals surface area contributed by atoms with E-state index in [0.717, 1.165) is 12.1 Å². The molecule has 112 valence electrons. The topological polar surface area (TPSA) is 137 Å². The molecule has 0 saturated carbocycles. The summed E-state index contributed by atoms with van der Waals surface area (Å²) < 4.78 is 31.3. The molecular weight excluding hydrogens is 288 g/mol. The van der Waals surface area contributed by atoms with Gasteiger partial charge in [-0.05, 0) is 19.1 Å². The minimum atomic E-state index is -4.02. The third-order valence-corrected chi connectivity index (χ3v) is 3.85. The molecule has 0 bridgehead atoms. The maximum atomic E-state index is 12.0. The lowest BCUT2D eigenvalue weighted by atomic mass is 10.3. The first kappa shape index (κ1) is 16.3. The van der Waals surface area contributed by atoms with Gasteiger partial charge in [0.1, 0.15) is 0 Å². The number of ether oxygens (including phenoxy) is 1. The van der Waals surface area contributed by atoms with Gasteiger partial charge in [-0.15, -0.1) is 0 Å². The smallest absolute Gasteiger partial charge is 0.289 e. The second-order valence-electron chi connectivity index (χ2n) is 3.68. The van der Waals surface area contributed by atoms with Crippen molar-refractivity contribution in [2.45, 2.75) is 11.8 Å². The number of nitrogen functional groups attached to an aromatic ring is 1. The fourth-order valence-electron chi connectivity index (χ4n) is 1.44. The molecule has 1 rings (SSSR count). The highest BCUT2D eigenvalue weighted by molar-refractivity contribution is 7.89. The van der Waals surface area contributed by atoms with Crippen LogP contribution >= 0.6 is 0 Å². The summed E-state index contributed by atoms with van der Waals surface area (Å²) in [4.78, 5) is 9.67. The molecule has 20 heavy (non-hydrogen) atoms. The monoisotopic (exact) mass is 304 g/mol. The summed E-state index contributed by atoms with van der Waals surface area (Å²) in [5.41, 5.74) is 1.97. The van der Waals surface area contributed by atoms with Gasteiger partial charge in [-0.25, -0.2) is 13.1 Å². The molecule has 0 spiro atoms. The summed E-state index contributed by atoms with van der Waals surface area (Å²) in [6, 6.07) is 3.49. The summed E-state index contributed by atoms with van der Waals surface area (Å²) >= 11 is 0. The van der Waals surface area contributed by atoms with Crippen LogP contribution in [0.25, 0.3) is 0 Å². The molecule has 0 radical (unpaired) electrons. The Labute approximate surface area is 116 Å². The van der Waals surface area contributed by atoms with Crippen molar-refractivity contribution in [3.63, 3.8) is 0 Å². The Balaban J connectivity index is 3.05. The van der Waals surface area contributed by atoms with Crippen LogP contribution in [0.5, 0.6) is 0 Å². The second-order valence-corrected chi connectivity index (χ2v) is 5.41. The zero-order chi connectivity index (χ0) is 15.2. The van der Waals surface area contributed by atoms with Gasteiger partial charge in [-0.1, -0.05) is 0 Å². The average Bonchev–Trinajstić information content (AvgIpc) is 2.42. The first-order chi connectivity index (χ1) is 9.42. The molecule has 1 aromatic carbocycles. The number of benzene rings is 1. The van der Waals surface area contributed by atoms with Crippen molar-refractivity contribution in [1.29, 1.82) is 0 Å². The molecule has 0 heterocycles. The number of hydrazine groups is 1. The maximum Gasteiger partial charge on any atom is 0.289 e. The van der Waals surface area contributed by atoms with E-state index < -0.39 is 25.5 Å². The number of nitrogens with one attached hydrogen (secondary N) is 2. The van der Waals surface area contributed by atoms with E-state index in [9.17, 15) is 18.5 Å². The Morgan fingerprint density at radius 3 is 2.70 bits per heavy atom. The molecule has 0 fully saturated rings. The molecule has 0 aliphatic carbocycles. The fourth-order valence-corrected chi connectivity index (χ4v) is 2.65. The number of nitro groups is 1. The van der Waals surface area contributed by atoms with Gasteiger partial charge in [0, 0.05) is 19.2 Å². The van der Waals surface area contributed by atoms with Gasteiger partial charge in [0.25, 0.3) is 5.69 Å². The molecule has 0 aliphatic heterocycles. The van der Waals surface area contributed by atoms with Gasteiger partial charge in [0.15, 0.2) is 4.90 Å². The van der Waals surface area contributed by atoms with Crippen LogP contribution in [0.4, 0.5) is 11.4 Å².